The van der Waals surface area contributed by atoms with Crippen LogP contribution in [-0.4, -0.2) is 56.8 Å². The van der Waals surface area contributed by atoms with E-state index in [1.807, 2.05) is 6.07 Å². The number of rotatable bonds is 7. The summed E-state index contributed by atoms with van der Waals surface area (Å²) in [4.78, 5) is 8.15. The zero-order valence-electron chi connectivity index (χ0n) is 16.5. The number of thiophene rings is 1. The minimum Gasteiger partial charge on any atom is -0.376 e. The third-order valence-electron chi connectivity index (χ3n) is 4.87. The molecule has 1 aliphatic rings. The van der Waals surface area contributed by atoms with Crippen molar-refractivity contribution >= 4 is 17.3 Å². The molecule has 2 heterocycles. The van der Waals surface area contributed by atoms with Crippen molar-refractivity contribution < 1.29 is 9.13 Å². The lowest BCUT2D eigenvalue weighted by Crippen LogP contribution is -2.48. The van der Waals surface area contributed by atoms with E-state index >= 15 is 0 Å². The van der Waals surface area contributed by atoms with Crippen LogP contribution in [0.2, 0.25) is 0 Å². The summed E-state index contributed by atoms with van der Waals surface area (Å²) in [5, 5.41) is 8.91. The molecule has 0 amide bonds. The van der Waals surface area contributed by atoms with Gasteiger partial charge in [0.15, 0.2) is 5.96 Å². The molecule has 3 rings (SSSR count). The molecule has 28 heavy (non-hydrogen) atoms. The second-order valence-corrected chi connectivity index (χ2v) is 7.95. The van der Waals surface area contributed by atoms with Crippen LogP contribution in [0.25, 0.3) is 0 Å². The first-order valence-corrected chi connectivity index (χ1v) is 10.6. The molecular formula is C21H29FN4OS. The van der Waals surface area contributed by atoms with E-state index in [4.69, 9.17) is 4.74 Å². The van der Waals surface area contributed by atoms with Crippen molar-refractivity contribution in [2.45, 2.75) is 25.5 Å². The minimum absolute atomic E-state index is 0.196. The molecule has 2 unspecified atom stereocenters. The van der Waals surface area contributed by atoms with Gasteiger partial charge in [0.2, 0.25) is 0 Å². The number of halogens is 1. The number of morpholine rings is 1. The van der Waals surface area contributed by atoms with E-state index < -0.39 is 0 Å². The van der Waals surface area contributed by atoms with Gasteiger partial charge in [-0.2, -0.15) is 0 Å². The molecule has 1 saturated heterocycles. The Morgan fingerprint density at radius 3 is 2.96 bits per heavy atom. The molecule has 0 bridgehead atoms. The predicted molar refractivity (Wildman–Crippen MR) is 114 cm³/mol. The second-order valence-electron chi connectivity index (χ2n) is 6.97. The summed E-state index contributed by atoms with van der Waals surface area (Å²) in [5.74, 6) is 0.567. The molecule has 2 N–H and O–H groups in total. The SMILES string of the molecule is CN=C(NCCc1cccc(F)c1)NCC(c1cccs1)N1CCOC(C)C1. The van der Waals surface area contributed by atoms with Crippen LogP contribution in [-0.2, 0) is 11.2 Å². The first kappa shape index (κ1) is 20.8. The van der Waals surface area contributed by atoms with E-state index in [2.05, 4.69) is 45.0 Å². The number of hydrogen-bond acceptors (Lipinski definition) is 4. The van der Waals surface area contributed by atoms with E-state index in [0.29, 0.717) is 6.54 Å². The van der Waals surface area contributed by atoms with Gasteiger partial charge in [-0.1, -0.05) is 18.2 Å². The minimum atomic E-state index is -0.196. The zero-order valence-corrected chi connectivity index (χ0v) is 17.3. The summed E-state index contributed by atoms with van der Waals surface area (Å²) >= 11 is 1.78. The Bertz CT molecular complexity index is 753. The summed E-state index contributed by atoms with van der Waals surface area (Å²) in [6.45, 7) is 6.21. The second kappa shape index (κ2) is 10.5. The Hall–Kier alpha value is -1.96. The first-order valence-electron chi connectivity index (χ1n) is 9.73. The van der Waals surface area contributed by atoms with Gasteiger partial charge in [0.05, 0.1) is 18.8 Å². The third-order valence-corrected chi connectivity index (χ3v) is 5.84. The molecule has 2 aromatic rings. The normalized spacial score (nSPS) is 19.4. The Balaban J connectivity index is 1.53. The van der Waals surface area contributed by atoms with Crippen LogP contribution in [0.15, 0.2) is 46.8 Å². The lowest BCUT2D eigenvalue weighted by Gasteiger charge is -2.37. The van der Waals surface area contributed by atoms with Gasteiger partial charge in [-0.3, -0.25) is 9.89 Å². The maximum atomic E-state index is 13.3. The van der Waals surface area contributed by atoms with Crippen LogP contribution in [0.3, 0.4) is 0 Å². The lowest BCUT2D eigenvalue weighted by atomic mass is 10.1. The molecule has 0 radical (unpaired) electrons. The molecule has 0 spiro atoms. The molecule has 2 atom stereocenters. The van der Waals surface area contributed by atoms with Gasteiger partial charge in [0.1, 0.15) is 5.82 Å². The fourth-order valence-electron chi connectivity index (χ4n) is 3.45. The number of guanidine groups is 1. The highest BCUT2D eigenvalue weighted by molar-refractivity contribution is 7.10. The van der Waals surface area contributed by atoms with Gasteiger partial charge in [-0.15, -0.1) is 11.3 Å². The van der Waals surface area contributed by atoms with Crippen molar-refractivity contribution in [3.05, 3.63) is 58.0 Å². The zero-order chi connectivity index (χ0) is 19.8. The molecule has 0 saturated carbocycles. The molecule has 1 fully saturated rings. The van der Waals surface area contributed by atoms with Crippen molar-refractivity contribution in [2.75, 3.05) is 39.8 Å². The third kappa shape index (κ3) is 6.02. The fraction of sp³-hybridized carbons (Fsp3) is 0.476. The van der Waals surface area contributed by atoms with Gasteiger partial charge in [0, 0.05) is 38.1 Å². The lowest BCUT2D eigenvalue weighted by molar-refractivity contribution is -0.0334. The topological polar surface area (TPSA) is 48.9 Å². The predicted octanol–water partition coefficient (Wildman–Crippen LogP) is 3.06. The van der Waals surface area contributed by atoms with Gasteiger partial charge in [0.25, 0.3) is 0 Å². The smallest absolute Gasteiger partial charge is 0.191 e. The molecule has 1 aliphatic heterocycles. The van der Waals surface area contributed by atoms with E-state index in [0.717, 1.165) is 44.2 Å². The molecule has 1 aromatic carbocycles. The van der Waals surface area contributed by atoms with Gasteiger partial charge in [-0.05, 0) is 42.5 Å². The quantitative estimate of drug-likeness (QED) is 0.550. The van der Waals surface area contributed by atoms with Crippen LogP contribution < -0.4 is 10.6 Å². The summed E-state index contributed by atoms with van der Waals surface area (Å²) < 4.78 is 19.0. The summed E-state index contributed by atoms with van der Waals surface area (Å²) in [6, 6.07) is 11.3. The van der Waals surface area contributed by atoms with Crippen LogP contribution >= 0.6 is 11.3 Å². The Morgan fingerprint density at radius 1 is 1.36 bits per heavy atom. The van der Waals surface area contributed by atoms with Crippen molar-refractivity contribution in [3.63, 3.8) is 0 Å². The number of nitrogens with zero attached hydrogens (tertiary/aromatic N) is 2. The number of hydrogen-bond donors (Lipinski definition) is 2. The summed E-state index contributed by atoms with van der Waals surface area (Å²) in [6.07, 6.45) is 0.994. The van der Waals surface area contributed by atoms with Crippen LogP contribution in [0, 0.1) is 5.82 Å². The number of aliphatic imine (C=N–C) groups is 1. The van der Waals surface area contributed by atoms with Crippen LogP contribution in [0.4, 0.5) is 4.39 Å². The highest BCUT2D eigenvalue weighted by Gasteiger charge is 2.26. The van der Waals surface area contributed by atoms with Crippen molar-refractivity contribution in [1.82, 2.24) is 15.5 Å². The molecule has 5 nitrogen and oxygen atoms in total. The molecule has 7 heteroatoms. The Kier molecular flexibility index (Phi) is 7.82. The van der Waals surface area contributed by atoms with Crippen molar-refractivity contribution in [2.24, 2.45) is 4.99 Å². The van der Waals surface area contributed by atoms with Crippen LogP contribution in [0.5, 0.6) is 0 Å². The molecule has 1 aromatic heterocycles. The summed E-state index contributed by atoms with van der Waals surface area (Å²) in [7, 11) is 1.77. The van der Waals surface area contributed by atoms with Crippen molar-refractivity contribution in [1.29, 1.82) is 0 Å². The van der Waals surface area contributed by atoms with Gasteiger partial charge < -0.3 is 15.4 Å². The molecule has 152 valence electrons. The van der Waals surface area contributed by atoms with E-state index in [-0.39, 0.29) is 18.0 Å². The maximum Gasteiger partial charge on any atom is 0.191 e. The van der Waals surface area contributed by atoms with Gasteiger partial charge >= 0.3 is 0 Å². The number of ether oxygens (including phenoxy) is 1. The standard InChI is InChI=1S/C21H29FN4OS/c1-16-15-26(10-11-27-16)19(20-7-4-12-28-20)14-25-21(23-2)24-9-8-17-5-3-6-18(22)13-17/h3-7,12-13,16,19H,8-11,14-15H2,1-2H3,(H2,23,24,25). The maximum absolute atomic E-state index is 13.3. The largest absolute Gasteiger partial charge is 0.376 e. The van der Waals surface area contributed by atoms with Gasteiger partial charge in [-0.25, -0.2) is 4.39 Å². The van der Waals surface area contributed by atoms with Crippen molar-refractivity contribution in [3.8, 4) is 0 Å². The molecular weight excluding hydrogens is 375 g/mol. The average Bonchev–Trinajstić information content (AvgIpc) is 3.21. The first-order chi connectivity index (χ1) is 13.7. The van der Waals surface area contributed by atoms with E-state index in [1.165, 1.54) is 10.9 Å². The highest BCUT2D eigenvalue weighted by atomic mass is 32.1. The highest BCUT2D eigenvalue weighted by Crippen LogP contribution is 2.26. The monoisotopic (exact) mass is 404 g/mol. The Labute approximate surface area is 170 Å². The number of nitrogens with one attached hydrogen (secondary N) is 2. The fourth-order valence-corrected chi connectivity index (χ4v) is 4.31. The summed E-state index contributed by atoms with van der Waals surface area (Å²) in [5.41, 5.74) is 0.974. The average molecular weight is 405 g/mol. The van der Waals surface area contributed by atoms with E-state index in [9.17, 15) is 4.39 Å². The Morgan fingerprint density at radius 2 is 2.25 bits per heavy atom. The number of benzene rings is 1. The van der Waals surface area contributed by atoms with E-state index in [1.54, 1.807) is 30.5 Å². The van der Waals surface area contributed by atoms with Crippen LogP contribution in [0.1, 0.15) is 23.4 Å². The molecule has 0 aliphatic carbocycles.